The lowest BCUT2D eigenvalue weighted by Crippen LogP contribution is -2.52. The largest absolute Gasteiger partial charge is 0.506 e. The Bertz CT molecular complexity index is 928. The Morgan fingerprint density at radius 2 is 2.00 bits per heavy atom. The number of nitrogens with zero attached hydrogens (tertiary/aromatic N) is 1. The normalized spacial score (nSPS) is 22.4. The highest BCUT2D eigenvalue weighted by Gasteiger charge is 2.35. The van der Waals surface area contributed by atoms with Gasteiger partial charge in [0, 0.05) is 11.3 Å². The highest BCUT2D eigenvalue weighted by molar-refractivity contribution is 5.97. The molecule has 4 rings (SSSR count). The van der Waals surface area contributed by atoms with Gasteiger partial charge in [0.05, 0.1) is 24.4 Å². The van der Waals surface area contributed by atoms with Gasteiger partial charge in [-0.1, -0.05) is 26.3 Å². The third-order valence-electron chi connectivity index (χ3n) is 6.19. The molecule has 4 nitrogen and oxygen atoms in total. The quantitative estimate of drug-likeness (QED) is 0.849. The number of carbonyl (C=O) groups is 1. The van der Waals surface area contributed by atoms with Gasteiger partial charge in [-0.25, -0.2) is 0 Å². The minimum atomic E-state index is -0.0238. The lowest BCUT2D eigenvalue weighted by Gasteiger charge is -2.42. The number of ether oxygens (including phenoxy) is 1. The van der Waals surface area contributed by atoms with Gasteiger partial charge in [0.15, 0.2) is 5.78 Å². The van der Waals surface area contributed by atoms with Crippen LogP contribution in [-0.2, 0) is 4.79 Å². The molecule has 1 aromatic rings. The van der Waals surface area contributed by atoms with Crippen LogP contribution in [0.2, 0.25) is 0 Å². The second kappa shape index (κ2) is 7.65. The van der Waals surface area contributed by atoms with Crippen molar-refractivity contribution < 1.29 is 14.6 Å². The zero-order valence-corrected chi connectivity index (χ0v) is 17.2. The van der Waals surface area contributed by atoms with Gasteiger partial charge < -0.3 is 14.7 Å². The van der Waals surface area contributed by atoms with E-state index in [-0.39, 0.29) is 23.7 Å². The third-order valence-corrected chi connectivity index (χ3v) is 6.19. The summed E-state index contributed by atoms with van der Waals surface area (Å²) >= 11 is 0. The number of benzene rings is 1. The molecule has 0 amide bonds. The van der Waals surface area contributed by atoms with E-state index in [1.165, 1.54) is 29.7 Å². The molecule has 2 heterocycles. The van der Waals surface area contributed by atoms with Crippen LogP contribution in [0.4, 0.5) is 0 Å². The first-order valence-corrected chi connectivity index (χ1v) is 10.7. The smallest absolute Gasteiger partial charge is 0.178 e. The molecule has 1 unspecified atom stereocenters. The number of aliphatic hydroxyl groups excluding tert-OH is 1. The van der Waals surface area contributed by atoms with Gasteiger partial charge in [0.25, 0.3) is 0 Å². The molecular formula is C24H31NO3. The van der Waals surface area contributed by atoms with Gasteiger partial charge in [-0.15, -0.1) is 0 Å². The molecule has 0 bridgehead atoms. The number of ketones is 1. The van der Waals surface area contributed by atoms with Crippen LogP contribution in [0.5, 0.6) is 5.75 Å². The minimum absolute atomic E-state index is 0.0238. The van der Waals surface area contributed by atoms with Gasteiger partial charge in [0.2, 0.25) is 0 Å². The summed E-state index contributed by atoms with van der Waals surface area (Å²) in [4.78, 5) is 14.3. The van der Waals surface area contributed by atoms with Crippen molar-refractivity contribution in [3.8, 4) is 5.75 Å². The van der Waals surface area contributed by atoms with Crippen molar-refractivity contribution >= 4 is 17.1 Å². The Morgan fingerprint density at radius 1 is 1.18 bits per heavy atom. The topological polar surface area (TPSA) is 49.8 Å². The molecule has 1 fully saturated rings. The standard InChI is InChI=1S/C24H31NO3/c1-15(2)8-9-16(3)28-18-10-11-19-20-6-4-5-7-22(20)25-14-17(26)12-23(27)24(25)21(19)13-18/h10-13,15-16,22,27H,4-9,14H2,1-3H3/t16?,22-/m0/s1. The van der Waals surface area contributed by atoms with Crippen molar-refractivity contribution in [3.05, 3.63) is 40.5 Å². The van der Waals surface area contributed by atoms with Gasteiger partial charge in [-0.05, 0) is 67.9 Å². The van der Waals surface area contributed by atoms with Gasteiger partial charge in [-0.3, -0.25) is 4.79 Å². The van der Waals surface area contributed by atoms with E-state index in [4.69, 9.17) is 4.74 Å². The fourth-order valence-corrected chi connectivity index (χ4v) is 4.80. The molecule has 3 aliphatic rings. The van der Waals surface area contributed by atoms with Crippen LogP contribution < -0.4 is 15.2 Å². The summed E-state index contributed by atoms with van der Waals surface area (Å²) in [7, 11) is 0. The predicted octanol–water partition coefficient (Wildman–Crippen LogP) is 3.43. The van der Waals surface area contributed by atoms with E-state index in [2.05, 4.69) is 43.9 Å². The highest BCUT2D eigenvalue weighted by atomic mass is 16.5. The maximum absolute atomic E-state index is 12.1. The summed E-state index contributed by atoms with van der Waals surface area (Å²) in [6, 6.07) is 6.50. The summed E-state index contributed by atoms with van der Waals surface area (Å²) in [5.41, 5.74) is 2.21. The molecule has 0 radical (unpaired) electrons. The second-order valence-electron chi connectivity index (χ2n) is 8.87. The molecule has 1 aromatic carbocycles. The fraction of sp³-hybridized carbons (Fsp3) is 0.542. The monoisotopic (exact) mass is 381 g/mol. The maximum atomic E-state index is 12.1. The Hall–Kier alpha value is -2.23. The molecule has 0 aromatic heterocycles. The van der Waals surface area contributed by atoms with E-state index < -0.39 is 0 Å². The zero-order valence-electron chi connectivity index (χ0n) is 17.2. The molecule has 2 aliphatic heterocycles. The molecular weight excluding hydrogens is 350 g/mol. The van der Waals surface area contributed by atoms with E-state index in [9.17, 15) is 9.90 Å². The minimum Gasteiger partial charge on any atom is -0.506 e. The van der Waals surface area contributed by atoms with Crippen LogP contribution >= 0.6 is 0 Å². The van der Waals surface area contributed by atoms with Crippen LogP contribution in [0.1, 0.15) is 59.3 Å². The van der Waals surface area contributed by atoms with E-state index >= 15 is 0 Å². The molecule has 1 N–H and O–H groups in total. The zero-order chi connectivity index (χ0) is 19.8. The number of aliphatic hydroxyl groups is 1. The van der Waals surface area contributed by atoms with Crippen molar-refractivity contribution in [1.29, 1.82) is 0 Å². The van der Waals surface area contributed by atoms with E-state index in [1.54, 1.807) is 0 Å². The van der Waals surface area contributed by atoms with Crippen LogP contribution in [-0.4, -0.2) is 34.5 Å². The lowest BCUT2D eigenvalue weighted by atomic mass is 9.83. The van der Waals surface area contributed by atoms with Gasteiger partial charge >= 0.3 is 0 Å². The number of rotatable bonds is 5. The van der Waals surface area contributed by atoms with Crippen LogP contribution in [0.3, 0.4) is 0 Å². The first-order valence-electron chi connectivity index (χ1n) is 10.7. The fourth-order valence-electron chi connectivity index (χ4n) is 4.80. The first-order chi connectivity index (χ1) is 13.4. The Labute approximate surface area is 167 Å². The van der Waals surface area contributed by atoms with Crippen molar-refractivity contribution in [1.82, 2.24) is 4.90 Å². The van der Waals surface area contributed by atoms with Crippen molar-refractivity contribution in [2.45, 2.75) is 71.4 Å². The molecule has 0 saturated heterocycles. The number of hydrogen-bond donors (Lipinski definition) is 1. The molecule has 1 aliphatic carbocycles. The van der Waals surface area contributed by atoms with E-state index in [0.29, 0.717) is 12.5 Å². The second-order valence-corrected chi connectivity index (χ2v) is 8.87. The molecule has 1 saturated carbocycles. The van der Waals surface area contributed by atoms with Crippen molar-refractivity contribution in [3.63, 3.8) is 0 Å². The van der Waals surface area contributed by atoms with Crippen LogP contribution in [0.15, 0.2) is 30.0 Å². The number of hydrogen-bond acceptors (Lipinski definition) is 4. The van der Waals surface area contributed by atoms with Crippen molar-refractivity contribution in [2.24, 2.45) is 5.92 Å². The molecule has 2 atom stereocenters. The molecule has 0 spiro atoms. The summed E-state index contributed by atoms with van der Waals surface area (Å²) < 4.78 is 6.19. The highest BCUT2D eigenvalue weighted by Crippen LogP contribution is 2.35. The lowest BCUT2D eigenvalue weighted by molar-refractivity contribution is -0.115. The Balaban J connectivity index is 1.78. The molecule has 28 heavy (non-hydrogen) atoms. The SMILES string of the molecule is CC(C)CCC(C)Oc1ccc2c(c1)=C1C(O)=CC(=O)CN1[C@H]1CCCCC=21. The predicted molar refractivity (Wildman–Crippen MR) is 111 cm³/mol. The molecule has 150 valence electrons. The van der Waals surface area contributed by atoms with E-state index in [1.807, 2.05) is 0 Å². The van der Waals surface area contributed by atoms with Crippen molar-refractivity contribution in [2.75, 3.05) is 6.54 Å². The summed E-state index contributed by atoms with van der Waals surface area (Å²) in [6.07, 6.45) is 8.16. The molecule has 4 heteroatoms. The van der Waals surface area contributed by atoms with Crippen LogP contribution in [0.25, 0.3) is 11.3 Å². The average molecular weight is 382 g/mol. The summed E-state index contributed by atoms with van der Waals surface area (Å²) in [6.45, 7) is 6.93. The Morgan fingerprint density at radius 3 is 2.79 bits per heavy atom. The summed E-state index contributed by atoms with van der Waals surface area (Å²) in [5.74, 6) is 1.57. The number of fused-ring (bicyclic) bond motifs is 4. The first kappa shape index (κ1) is 19.1. The van der Waals surface area contributed by atoms with Gasteiger partial charge in [-0.2, -0.15) is 0 Å². The summed E-state index contributed by atoms with van der Waals surface area (Å²) in [5, 5.41) is 12.9. The number of carbonyl (C=O) groups excluding carboxylic acids is 1. The van der Waals surface area contributed by atoms with E-state index in [0.717, 1.165) is 42.3 Å². The van der Waals surface area contributed by atoms with Gasteiger partial charge in [0.1, 0.15) is 11.5 Å². The maximum Gasteiger partial charge on any atom is 0.178 e. The third kappa shape index (κ3) is 3.57. The Kier molecular flexibility index (Phi) is 5.22. The van der Waals surface area contributed by atoms with Crippen LogP contribution in [0, 0.1) is 5.92 Å². The average Bonchev–Trinajstić information content (AvgIpc) is 2.66.